The number of rotatable bonds is 3. The van der Waals surface area contributed by atoms with E-state index < -0.39 is 5.97 Å². The van der Waals surface area contributed by atoms with Crippen molar-refractivity contribution >= 4 is 17.6 Å². The average Bonchev–Trinajstić information content (AvgIpc) is 2.71. The summed E-state index contributed by atoms with van der Waals surface area (Å²) in [5.74, 6) is -0.841. The van der Waals surface area contributed by atoms with Gasteiger partial charge in [0.25, 0.3) is 0 Å². The minimum Gasteiger partial charge on any atom is -0.481 e. The molecule has 1 aliphatic rings. The highest BCUT2D eigenvalue weighted by molar-refractivity contribution is 6.30. The molecule has 1 aliphatic carbocycles. The van der Waals surface area contributed by atoms with Crippen LogP contribution in [-0.2, 0) is 4.79 Å². The predicted molar refractivity (Wildman–Crippen MR) is 63.8 cm³/mol. The molecule has 0 spiro atoms. The van der Waals surface area contributed by atoms with E-state index in [-0.39, 0.29) is 11.8 Å². The summed E-state index contributed by atoms with van der Waals surface area (Å²) in [6.45, 7) is 0. The van der Waals surface area contributed by atoms with Crippen LogP contribution in [0.5, 0.6) is 0 Å². The smallest absolute Gasteiger partial charge is 0.311 e. The second-order valence-electron chi connectivity index (χ2n) is 4.42. The first-order valence-corrected chi connectivity index (χ1v) is 6.04. The Balaban J connectivity index is 2.28. The van der Waals surface area contributed by atoms with Crippen LogP contribution in [0.3, 0.4) is 0 Å². The molecule has 1 fully saturated rings. The zero-order valence-electron chi connectivity index (χ0n) is 9.03. The normalized spacial score (nSPS) is 18.6. The maximum atomic E-state index is 11.4. The minimum absolute atomic E-state index is 0.274. The standard InChI is InChI=1S/C13H15ClO2/c14-11-7-3-6-10(8-11)12(13(15)16)9-4-1-2-5-9/h3,6-9,12H,1-2,4-5H2,(H,15,16). The van der Waals surface area contributed by atoms with Crippen molar-refractivity contribution in [2.45, 2.75) is 31.6 Å². The summed E-state index contributed by atoms with van der Waals surface area (Å²) >= 11 is 5.91. The Hall–Kier alpha value is -1.02. The maximum Gasteiger partial charge on any atom is 0.311 e. The van der Waals surface area contributed by atoms with Gasteiger partial charge in [0, 0.05) is 5.02 Å². The number of carboxylic acids is 1. The number of hydrogen-bond donors (Lipinski definition) is 1. The molecule has 86 valence electrons. The largest absolute Gasteiger partial charge is 0.481 e. The molecule has 0 bridgehead atoms. The van der Waals surface area contributed by atoms with E-state index >= 15 is 0 Å². The third-order valence-electron chi connectivity index (χ3n) is 3.35. The van der Waals surface area contributed by atoms with Crippen molar-refractivity contribution in [3.63, 3.8) is 0 Å². The molecule has 2 rings (SSSR count). The lowest BCUT2D eigenvalue weighted by Gasteiger charge is -2.19. The number of carboxylic acid groups (broad SMARTS) is 1. The third-order valence-corrected chi connectivity index (χ3v) is 3.58. The molecule has 16 heavy (non-hydrogen) atoms. The van der Waals surface area contributed by atoms with E-state index in [1.54, 1.807) is 12.1 Å². The fourth-order valence-corrected chi connectivity index (χ4v) is 2.81. The van der Waals surface area contributed by atoms with Crippen molar-refractivity contribution in [2.24, 2.45) is 5.92 Å². The van der Waals surface area contributed by atoms with Crippen LogP contribution in [0.1, 0.15) is 37.2 Å². The van der Waals surface area contributed by atoms with Crippen LogP contribution in [0.2, 0.25) is 5.02 Å². The molecular formula is C13H15ClO2. The number of benzene rings is 1. The van der Waals surface area contributed by atoms with E-state index in [1.165, 1.54) is 0 Å². The Morgan fingerprint density at radius 1 is 1.38 bits per heavy atom. The highest BCUT2D eigenvalue weighted by atomic mass is 35.5. The predicted octanol–water partition coefficient (Wildman–Crippen LogP) is 3.70. The second-order valence-corrected chi connectivity index (χ2v) is 4.85. The van der Waals surface area contributed by atoms with E-state index in [0.717, 1.165) is 31.2 Å². The van der Waals surface area contributed by atoms with Gasteiger partial charge < -0.3 is 5.11 Å². The Kier molecular flexibility index (Phi) is 3.49. The Morgan fingerprint density at radius 3 is 2.62 bits per heavy atom. The molecule has 1 unspecified atom stereocenters. The van der Waals surface area contributed by atoms with Gasteiger partial charge in [-0.25, -0.2) is 0 Å². The van der Waals surface area contributed by atoms with Crippen molar-refractivity contribution in [3.8, 4) is 0 Å². The summed E-state index contributed by atoms with van der Waals surface area (Å²) < 4.78 is 0. The molecule has 2 nitrogen and oxygen atoms in total. The fraction of sp³-hybridized carbons (Fsp3) is 0.462. The molecule has 0 aromatic heterocycles. The zero-order valence-corrected chi connectivity index (χ0v) is 9.78. The van der Waals surface area contributed by atoms with Crippen molar-refractivity contribution in [3.05, 3.63) is 34.9 Å². The Morgan fingerprint density at radius 2 is 2.06 bits per heavy atom. The molecule has 0 amide bonds. The van der Waals surface area contributed by atoms with Crippen molar-refractivity contribution < 1.29 is 9.90 Å². The molecule has 0 saturated heterocycles. The van der Waals surface area contributed by atoms with Crippen molar-refractivity contribution in [2.75, 3.05) is 0 Å². The van der Waals surface area contributed by atoms with Gasteiger partial charge in [-0.15, -0.1) is 0 Å². The van der Waals surface area contributed by atoms with Crippen LogP contribution >= 0.6 is 11.6 Å². The Labute approximate surface area is 100 Å². The molecule has 1 saturated carbocycles. The number of carbonyl (C=O) groups is 1. The highest BCUT2D eigenvalue weighted by Gasteiger charge is 2.31. The molecule has 0 aliphatic heterocycles. The first kappa shape index (κ1) is 11.5. The van der Waals surface area contributed by atoms with Gasteiger partial charge in [0.2, 0.25) is 0 Å². The van der Waals surface area contributed by atoms with E-state index in [0.29, 0.717) is 5.02 Å². The first-order valence-electron chi connectivity index (χ1n) is 5.67. The van der Waals surface area contributed by atoms with Crippen LogP contribution < -0.4 is 0 Å². The van der Waals surface area contributed by atoms with Gasteiger partial charge in [0.05, 0.1) is 5.92 Å². The van der Waals surface area contributed by atoms with Gasteiger partial charge in [-0.05, 0) is 36.5 Å². The topological polar surface area (TPSA) is 37.3 Å². The van der Waals surface area contributed by atoms with Crippen LogP contribution in [0.4, 0.5) is 0 Å². The monoisotopic (exact) mass is 238 g/mol. The molecule has 0 heterocycles. The summed E-state index contributed by atoms with van der Waals surface area (Å²) in [6.07, 6.45) is 4.33. The molecule has 1 N–H and O–H groups in total. The molecule has 1 aromatic rings. The van der Waals surface area contributed by atoms with E-state index in [9.17, 15) is 9.90 Å². The quantitative estimate of drug-likeness (QED) is 0.872. The number of halogens is 1. The van der Waals surface area contributed by atoms with E-state index in [4.69, 9.17) is 11.6 Å². The van der Waals surface area contributed by atoms with Crippen molar-refractivity contribution in [1.82, 2.24) is 0 Å². The highest BCUT2D eigenvalue weighted by Crippen LogP contribution is 2.38. The number of hydrogen-bond acceptors (Lipinski definition) is 1. The number of aliphatic carboxylic acids is 1. The molecule has 3 heteroatoms. The van der Waals surface area contributed by atoms with E-state index in [2.05, 4.69) is 0 Å². The summed E-state index contributed by atoms with van der Waals surface area (Å²) in [7, 11) is 0. The van der Waals surface area contributed by atoms with E-state index in [1.807, 2.05) is 12.1 Å². The van der Waals surface area contributed by atoms with Gasteiger partial charge in [-0.1, -0.05) is 36.6 Å². The van der Waals surface area contributed by atoms with Gasteiger partial charge >= 0.3 is 5.97 Å². The molecule has 1 aromatic carbocycles. The average molecular weight is 239 g/mol. The lowest BCUT2D eigenvalue weighted by atomic mass is 9.85. The SMILES string of the molecule is O=C(O)C(c1cccc(Cl)c1)C1CCCC1. The second kappa shape index (κ2) is 4.88. The van der Waals surface area contributed by atoms with Gasteiger partial charge in [0.1, 0.15) is 0 Å². The maximum absolute atomic E-state index is 11.4. The van der Waals surface area contributed by atoms with Crippen LogP contribution in [0.25, 0.3) is 0 Å². The Bertz CT molecular complexity index is 383. The van der Waals surface area contributed by atoms with Crippen LogP contribution in [0, 0.1) is 5.92 Å². The van der Waals surface area contributed by atoms with Crippen LogP contribution in [-0.4, -0.2) is 11.1 Å². The summed E-state index contributed by atoms with van der Waals surface area (Å²) in [5, 5.41) is 9.95. The fourth-order valence-electron chi connectivity index (χ4n) is 2.61. The minimum atomic E-state index is -0.728. The first-order chi connectivity index (χ1) is 7.68. The zero-order chi connectivity index (χ0) is 11.5. The van der Waals surface area contributed by atoms with Gasteiger partial charge in [-0.2, -0.15) is 0 Å². The van der Waals surface area contributed by atoms with Crippen molar-refractivity contribution in [1.29, 1.82) is 0 Å². The lowest BCUT2D eigenvalue weighted by molar-refractivity contribution is -0.140. The third kappa shape index (κ3) is 2.38. The molecular weight excluding hydrogens is 224 g/mol. The molecule has 0 radical (unpaired) electrons. The lowest BCUT2D eigenvalue weighted by Crippen LogP contribution is -2.19. The van der Waals surface area contributed by atoms with Crippen LogP contribution in [0.15, 0.2) is 24.3 Å². The summed E-state index contributed by atoms with van der Waals surface area (Å²) in [6, 6.07) is 7.24. The van der Waals surface area contributed by atoms with Gasteiger partial charge in [0.15, 0.2) is 0 Å². The molecule has 1 atom stereocenters. The van der Waals surface area contributed by atoms with Gasteiger partial charge in [-0.3, -0.25) is 4.79 Å². The summed E-state index contributed by atoms with van der Waals surface area (Å²) in [5.41, 5.74) is 0.840. The summed E-state index contributed by atoms with van der Waals surface area (Å²) in [4.78, 5) is 11.4.